The fourth-order valence-electron chi connectivity index (χ4n) is 6.47. The minimum atomic E-state index is -4.95. The van der Waals surface area contributed by atoms with E-state index in [1.807, 2.05) is 13.8 Å². The number of anilines is 10. The molecule has 10 N–H and O–H groups in total. The van der Waals surface area contributed by atoms with Crippen LogP contribution in [-0.4, -0.2) is 144 Å². The average Bonchev–Trinajstić information content (AvgIpc) is 3.33. The molecule has 74 heavy (non-hydrogen) atoms. The van der Waals surface area contributed by atoms with Crippen LogP contribution in [0.5, 0.6) is 0 Å². The van der Waals surface area contributed by atoms with Gasteiger partial charge in [-0.15, -0.1) is 0 Å². The molecule has 0 radical (unpaired) electrons. The first-order valence-electron chi connectivity index (χ1n) is 22.1. The van der Waals surface area contributed by atoms with Crippen LogP contribution >= 0.6 is 0 Å². The van der Waals surface area contributed by atoms with Crippen LogP contribution in [0, 0.1) is 0 Å². The normalized spacial score (nSPS) is 12.5. The van der Waals surface area contributed by atoms with Crippen molar-refractivity contribution in [1.29, 1.82) is 0 Å². The SMILES string of the molecule is COCCOCC(C)Nc1nc(Nc2ccc(C(=O)O)cc2)nc(Nc2ccc(/C=C/c3ccc(Nc4nc(Nc5ccc(C(=O)O)cc5)nc(NC(C)COCCOC)n4)cc3S(=O)(=O)O)c(S(=O)(=O)O)c2)n1. The van der Waals surface area contributed by atoms with Crippen molar-refractivity contribution >= 4 is 103 Å². The van der Waals surface area contributed by atoms with Crippen molar-refractivity contribution in [2.75, 3.05) is 85.8 Å². The summed E-state index contributed by atoms with van der Waals surface area (Å²) >= 11 is 0. The van der Waals surface area contributed by atoms with Gasteiger partial charge in [-0.2, -0.15) is 46.7 Å². The van der Waals surface area contributed by atoms with E-state index in [-0.39, 0.29) is 94.6 Å². The number of benzene rings is 4. The summed E-state index contributed by atoms with van der Waals surface area (Å²) in [5.74, 6) is -2.23. The van der Waals surface area contributed by atoms with Gasteiger partial charge in [-0.05, 0) is 97.8 Å². The van der Waals surface area contributed by atoms with Crippen molar-refractivity contribution in [2.45, 2.75) is 35.7 Å². The second kappa shape index (κ2) is 25.6. The number of aromatic carboxylic acids is 2. The molecule has 2 unspecified atom stereocenters. The minimum Gasteiger partial charge on any atom is -0.478 e. The zero-order chi connectivity index (χ0) is 53.4. The highest BCUT2D eigenvalue weighted by Crippen LogP contribution is 2.29. The fourth-order valence-corrected chi connectivity index (χ4v) is 7.89. The number of carboxylic acid groups (broad SMARTS) is 2. The van der Waals surface area contributed by atoms with Gasteiger partial charge in [0.1, 0.15) is 9.79 Å². The van der Waals surface area contributed by atoms with E-state index >= 15 is 0 Å². The predicted molar refractivity (Wildman–Crippen MR) is 273 cm³/mol. The highest BCUT2D eigenvalue weighted by atomic mass is 32.2. The maximum absolute atomic E-state index is 12.8. The molecule has 6 aromatic rings. The molecule has 0 aliphatic rings. The number of carbonyl (C=O) groups is 2. The Bertz CT molecular complexity index is 2960. The van der Waals surface area contributed by atoms with Gasteiger partial charge in [0.25, 0.3) is 20.2 Å². The largest absolute Gasteiger partial charge is 0.478 e. The van der Waals surface area contributed by atoms with Crippen LogP contribution in [0.25, 0.3) is 12.2 Å². The molecule has 392 valence electrons. The van der Waals surface area contributed by atoms with E-state index in [9.17, 15) is 45.7 Å². The molecule has 0 aliphatic carbocycles. The maximum Gasteiger partial charge on any atom is 0.335 e. The van der Waals surface area contributed by atoms with Crippen LogP contribution in [0.3, 0.4) is 0 Å². The Labute approximate surface area is 424 Å². The first-order valence-corrected chi connectivity index (χ1v) is 25.0. The van der Waals surface area contributed by atoms with E-state index in [1.54, 1.807) is 14.2 Å². The molecule has 0 bridgehead atoms. The summed E-state index contributed by atoms with van der Waals surface area (Å²) in [7, 11) is -6.81. The molecule has 0 saturated heterocycles. The Kier molecular flexibility index (Phi) is 19.2. The number of hydrogen-bond acceptors (Lipinski definition) is 22. The molecule has 28 heteroatoms. The molecule has 0 saturated carbocycles. The molecular weight excluding hydrogens is 1010 g/mol. The number of carboxylic acids is 2. The van der Waals surface area contributed by atoms with Crippen molar-refractivity contribution < 1.29 is 64.7 Å². The molecule has 0 aliphatic heterocycles. The molecule has 0 amide bonds. The Morgan fingerprint density at radius 2 is 0.811 bits per heavy atom. The maximum atomic E-state index is 12.8. The molecule has 2 heterocycles. The van der Waals surface area contributed by atoms with Gasteiger partial charge in [0, 0.05) is 49.1 Å². The third kappa shape index (κ3) is 16.8. The average molecular weight is 1060 g/mol. The summed E-state index contributed by atoms with van der Waals surface area (Å²) in [5, 5.41) is 36.6. The third-order valence-corrected chi connectivity index (χ3v) is 11.8. The highest BCUT2D eigenvalue weighted by Gasteiger charge is 2.20. The van der Waals surface area contributed by atoms with Crippen molar-refractivity contribution in [3.8, 4) is 0 Å². The van der Waals surface area contributed by atoms with Gasteiger partial charge in [-0.1, -0.05) is 24.3 Å². The summed E-state index contributed by atoms with van der Waals surface area (Å²) in [6.07, 6.45) is 2.43. The van der Waals surface area contributed by atoms with E-state index in [0.29, 0.717) is 37.8 Å². The van der Waals surface area contributed by atoms with Gasteiger partial charge in [-0.3, -0.25) is 9.11 Å². The number of rotatable bonds is 28. The minimum absolute atomic E-state index is 0.00931. The van der Waals surface area contributed by atoms with Crippen LogP contribution in [0.1, 0.15) is 45.7 Å². The van der Waals surface area contributed by atoms with E-state index in [4.69, 9.17) is 18.9 Å². The van der Waals surface area contributed by atoms with Gasteiger partial charge in [-0.25, -0.2) is 9.59 Å². The zero-order valence-corrected chi connectivity index (χ0v) is 41.6. The lowest BCUT2D eigenvalue weighted by atomic mass is 10.1. The number of aromatic nitrogens is 6. The van der Waals surface area contributed by atoms with Gasteiger partial charge in [0.15, 0.2) is 0 Å². The van der Waals surface area contributed by atoms with Crippen molar-refractivity contribution in [3.63, 3.8) is 0 Å². The lowest BCUT2D eigenvalue weighted by molar-refractivity contribution is 0.0676. The summed E-state index contributed by atoms with van der Waals surface area (Å²) in [5.41, 5.74) is 0.977. The second-order valence-electron chi connectivity index (χ2n) is 15.9. The molecule has 2 atom stereocenters. The first kappa shape index (κ1) is 55.4. The van der Waals surface area contributed by atoms with Crippen molar-refractivity contribution in [2.24, 2.45) is 0 Å². The monoisotopic (exact) mass is 1060 g/mol. The molecular formula is C46H52N12O14S2. The summed E-state index contributed by atoms with van der Waals surface area (Å²) in [4.78, 5) is 48.0. The topological polar surface area (TPSA) is 370 Å². The van der Waals surface area contributed by atoms with Crippen molar-refractivity contribution in [1.82, 2.24) is 29.9 Å². The Morgan fingerprint density at radius 1 is 0.500 bits per heavy atom. The summed E-state index contributed by atoms with van der Waals surface area (Å²) in [6, 6.07) is 18.6. The predicted octanol–water partition coefficient (Wildman–Crippen LogP) is 6.02. The Morgan fingerprint density at radius 3 is 1.12 bits per heavy atom. The van der Waals surface area contributed by atoms with Gasteiger partial charge in [0.05, 0.1) is 50.8 Å². The Hall–Kier alpha value is -7.96. The number of methoxy groups -OCH3 is 2. The van der Waals surface area contributed by atoms with Gasteiger partial charge < -0.3 is 61.1 Å². The van der Waals surface area contributed by atoms with Crippen LogP contribution in [0.4, 0.5) is 58.4 Å². The standard InChI is InChI=1S/C46H52N12O14S2/c1-27(25-71-21-19-69-3)47-41-53-43(49-33-13-9-31(10-14-33)39(59)60)57-45(55-41)51-35-17-7-29(37(23-35)73(63,64)65)5-6-30-8-18-36(24-38(30)74(66,67)68)52-46-56-42(48-28(2)26-72-22-20-70-4)54-44(58-46)50-34-15-11-32(12-16-34)40(61)62/h5-18,23-24,27-28H,19-22,25-26H2,1-4H3,(H,59,60)(H,61,62)(H,63,64,65)(H,66,67,68)(H3,47,49,51,53,55,57)(H3,48,50,52,54,56,58)/b6-5+. The van der Waals surface area contributed by atoms with Crippen molar-refractivity contribution in [3.05, 3.63) is 107 Å². The van der Waals surface area contributed by atoms with Crippen LogP contribution < -0.4 is 31.9 Å². The second-order valence-corrected chi connectivity index (χ2v) is 18.7. The van der Waals surface area contributed by atoms with E-state index in [2.05, 4.69) is 61.8 Å². The highest BCUT2D eigenvalue weighted by molar-refractivity contribution is 7.86. The molecule has 2 aromatic heterocycles. The van der Waals surface area contributed by atoms with Gasteiger partial charge in [0.2, 0.25) is 35.7 Å². The number of nitrogens with one attached hydrogen (secondary N) is 6. The molecule has 0 fully saturated rings. The fraction of sp³-hybridized carbons (Fsp3) is 0.261. The smallest absolute Gasteiger partial charge is 0.335 e. The molecule has 4 aromatic carbocycles. The third-order valence-electron chi connectivity index (χ3n) is 9.93. The lowest BCUT2D eigenvalue weighted by Crippen LogP contribution is -2.24. The van der Waals surface area contributed by atoms with Crippen LogP contribution in [0.15, 0.2) is 94.7 Å². The summed E-state index contributed by atoms with van der Waals surface area (Å²) in [6.45, 7) is 5.57. The summed E-state index contributed by atoms with van der Waals surface area (Å²) < 4.78 is 93.3. The Balaban J connectivity index is 1.26. The van der Waals surface area contributed by atoms with E-state index in [1.165, 1.54) is 84.9 Å². The lowest BCUT2D eigenvalue weighted by Gasteiger charge is -2.16. The number of ether oxygens (including phenoxy) is 4. The van der Waals surface area contributed by atoms with E-state index < -0.39 is 42.0 Å². The quantitative estimate of drug-likeness (QED) is 0.0152. The van der Waals surface area contributed by atoms with Crippen LogP contribution in [0.2, 0.25) is 0 Å². The number of nitrogens with zero attached hydrogens (tertiary/aromatic N) is 6. The molecule has 26 nitrogen and oxygen atoms in total. The molecule has 0 spiro atoms. The zero-order valence-electron chi connectivity index (χ0n) is 40.0. The first-order chi connectivity index (χ1) is 35.3. The molecule has 6 rings (SSSR count). The van der Waals surface area contributed by atoms with Gasteiger partial charge >= 0.3 is 11.9 Å². The van der Waals surface area contributed by atoms with Crippen LogP contribution in [-0.2, 0) is 39.2 Å². The number of hydrogen-bond donors (Lipinski definition) is 10. The van der Waals surface area contributed by atoms with E-state index in [0.717, 1.165) is 12.1 Å².